The third-order valence-corrected chi connectivity index (χ3v) is 6.57. The van der Waals surface area contributed by atoms with Gasteiger partial charge in [0.1, 0.15) is 6.54 Å². The number of carbonyl (C=O) groups excluding carboxylic acids is 3. The van der Waals surface area contributed by atoms with Crippen LogP contribution in [0.4, 0.5) is 0 Å². The lowest BCUT2D eigenvalue weighted by atomic mass is 9.85. The molecule has 5 nitrogen and oxygen atoms in total. The minimum absolute atomic E-state index is 0.0300. The van der Waals surface area contributed by atoms with Crippen molar-refractivity contribution in [2.75, 3.05) is 6.54 Å². The van der Waals surface area contributed by atoms with Crippen molar-refractivity contribution in [1.29, 1.82) is 0 Å². The van der Waals surface area contributed by atoms with Crippen LogP contribution in [0.5, 0.6) is 0 Å². The van der Waals surface area contributed by atoms with Gasteiger partial charge in [-0.25, -0.2) is 0 Å². The van der Waals surface area contributed by atoms with E-state index in [9.17, 15) is 14.4 Å². The SMILES string of the molecule is O=C(CN1C(=O)[C@@H]2[C@H](C1=O)[C@H]1C=C[C@H]2C1)N[C@@H]1CCCc2ccccc21. The van der Waals surface area contributed by atoms with Gasteiger partial charge in [0, 0.05) is 0 Å². The Hall–Kier alpha value is -2.43. The van der Waals surface area contributed by atoms with E-state index in [2.05, 4.69) is 29.6 Å². The first kappa shape index (κ1) is 15.8. The monoisotopic (exact) mass is 350 g/mol. The predicted molar refractivity (Wildman–Crippen MR) is 94.7 cm³/mol. The summed E-state index contributed by atoms with van der Waals surface area (Å²) in [6.07, 6.45) is 8.00. The number of rotatable bonds is 3. The third-order valence-electron chi connectivity index (χ3n) is 6.57. The van der Waals surface area contributed by atoms with E-state index >= 15 is 0 Å². The number of carbonyl (C=O) groups is 3. The highest BCUT2D eigenvalue weighted by atomic mass is 16.2. The highest BCUT2D eigenvalue weighted by molar-refractivity contribution is 6.08. The van der Waals surface area contributed by atoms with Crippen molar-refractivity contribution in [3.8, 4) is 0 Å². The lowest BCUT2D eigenvalue weighted by Crippen LogP contribution is -2.43. The number of nitrogens with zero attached hydrogens (tertiary/aromatic N) is 1. The number of hydrogen-bond donors (Lipinski definition) is 1. The molecule has 1 aromatic rings. The molecule has 4 aliphatic rings. The molecule has 0 aromatic heterocycles. The summed E-state index contributed by atoms with van der Waals surface area (Å²) >= 11 is 0. The standard InChI is InChI=1S/C21H22N2O3/c24-17(22-16-7-3-5-12-4-1-2-6-15(12)16)11-23-20(25)18-13-8-9-14(10-13)19(18)21(23)26/h1-2,4,6,8-9,13-14,16,18-19H,3,5,7,10-11H2,(H,22,24)/t13-,14-,16+,18-,19+/m0/s1. The molecule has 1 saturated carbocycles. The fourth-order valence-corrected chi connectivity index (χ4v) is 5.41. The minimum atomic E-state index is -0.242. The van der Waals surface area contributed by atoms with E-state index in [-0.39, 0.29) is 54.0 Å². The number of imide groups is 1. The fraction of sp³-hybridized carbons (Fsp3) is 0.476. The lowest BCUT2D eigenvalue weighted by Gasteiger charge is -2.27. The molecule has 0 spiro atoms. The molecule has 3 amide bonds. The number of allylic oxidation sites excluding steroid dienone is 2. The second-order valence-electron chi connectivity index (χ2n) is 7.97. The summed E-state index contributed by atoms with van der Waals surface area (Å²) in [4.78, 5) is 39.2. The van der Waals surface area contributed by atoms with Gasteiger partial charge in [-0.05, 0) is 48.6 Å². The van der Waals surface area contributed by atoms with Gasteiger partial charge in [0.15, 0.2) is 0 Å². The molecule has 5 rings (SSSR count). The number of aryl methyl sites for hydroxylation is 1. The van der Waals surface area contributed by atoms with Gasteiger partial charge >= 0.3 is 0 Å². The smallest absolute Gasteiger partial charge is 0.240 e. The maximum Gasteiger partial charge on any atom is 0.240 e. The summed E-state index contributed by atoms with van der Waals surface area (Å²) in [5, 5.41) is 3.05. The number of fused-ring (bicyclic) bond motifs is 6. The predicted octanol–water partition coefficient (Wildman–Crippen LogP) is 1.99. The molecule has 5 heteroatoms. The van der Waals surface area contributed by atoms with Crippen molar-refractivity contribution < 1.29 is 14.4 Å². The highest BCUT2D eigenvalue weighted by Gasteiger charge is 2.59. The lowest BCUT2D eigenvalue weighted by molar-refractivity contribution is -0.144. The van der Waals surface area contributed by atoms with E-state index in [1.54, 1.807) is 0 Å². The summed E-state index contributed by atoms with van der Waals surface area (Å²) in [5.41, 5.74) is 2.43. The third kappa shape index (κ3) is 2.26. The first-order valence-corrected chi connectivity index (χ1v) is 9.54. The van der Waals surface area contributed by atoms with E-state index in [0.29, 0.717) is 0 Å². The minimum Gasteiger partial charge on any atom is -0.348 e. The Kier molecular flexibility index (Phi) is 3.52. The Morgan fingerprint density at radius 2 is 1.77 bits per heavy atom. The molecular formula is C21H22N2O3. The summed E-state index contributed by atoms with van der Waals surface area (Å²) in [5.74, 6) is -0.665. The Morgan fingerprint density at radius 1 is 1.08 bits per heavy atom. The van der Waals surface area contributed by atoms with Crippen molar-refractivity contribution in [3.05, 3.63) is 47.5 Å². The summed E-state index contributed by atoms with van der Waals surface area (Å²) < 4.78 is 0. The molecule has 1 N–H and O–H groups in total. The second kappa shape index (κ2) is 5.79. The van der Waals surface area contributed by atoms with Crippen molar-refractivity contribution in [3.63, 3.8) is 0 Å². The molecule has 26 heavy (non-hydrogen) atoms. The molecule has 0 unspecified atom stereocenters. The van der Waals surface area contributed by atoms with Crippen LogP contribution < -0.4 is 5.32 Å². The summed E-state index contributed by atoms with van der Waals surface area (Å²) in [6, 6.07) is 8.13. The fourth-order valence-electron chi connectivity index (χ4n) is 5.41. The highest BCUT2D eigenvalue weighted by Crippen LogP contribution is 2.52. The van der Waals surface area contributed by atoms with Crippen LogP contribution in [-0.4, -0.2) is 29.2 Å². The first-order chi connectivity index (χ1) is 12.6. The second-order valence-corrected chi connectivity index (χ2v) is 7.97. The van der Waals surface area contributed by atoms with Gasteiger partial charge in [-0.2, -0.15) is 0 Å². The molecule has 5 atom stereocenters. The van der Waals surface area contributed by atoms with E-state index in [4.69, 9.17) is 0 Å². The van der Waals surface area contributed by atoms with Gasteiger partial charge in [-0.3, -0.25) is 19.3 Å². The normalized spacial score (nSPS) is 34.2. The van der Waals surface area contributed by atoms with Crippen LogP contribution in [0.15, 0.2) is 36.4 Å². The molecule has 1 heterocycles. The zero-order valence-electron chi connectivity index (χ0n) is 14.6. The number of benzene rings is 1. The van der Waals surface area contributed by atoms with E-state index in [1.165, 1.54) is 10.5 Å². The van der Waals surface area contributed by atoms with Crippen LogP contribution in [0.3, 0.4) is 0 Å². The average molecular weight is 350 g/mol. The molecule has 2 fully saturated rings. The van der Waals surface area contributed by atoms with Gasteiger partial charge in [-0.15, -0.1) is 0 Å². The van der Waals surface area contributed by atoms with E-state index < -0.39 is 0 Å². The van der Waals surface area contributed by atoms with Crippen LogP contribution in [0.2, 0.25) is 0 Å². The van der Waals surface area contributed by atoms with Gasteiger partial charge < -0.3 is 5.32 Å². The van der Waals surface area contributed by atoms with Crippen molar-refractivity contribution in [2.45, 2.75) is 31.7 Å². The topological polar surface area (TPSA) is 66.5 Å². The van der Waals surface area contributed by atoms with Crippen molar-refractivity contribution in [2.24, 2.45) is 23.7 Å². The number of amides is 3. The van der Waals surface area contributed by atoms with Crippen LogP contribution in [0.1, 0.15) is 36.4 Å². The van der Waals surface area contributed by atoms with Gasteiger partial charge in [-0.1, -0.05) is 36.4 Å². The largest absolute Gasteiger partial charge is 0.348 e. The quantitative estimate of drug-likeness (QED) is 0.670. The zero-order chi connectivity index (χ0) is 17.8. The Bertz CT molecular complexity index is 800. The molecular weight excluding hydrogens is 328 g/mol. The van der Waals surface area contributed by atoms with E-state index in [0.717, 1.165) is 31.2 Å². The van der Waals surface area contributed by atoms with Crippen LogP contribution in [0, 0.1) is 23.7 Å². The number of likely N-dealkylation sites (tertiary alicyclic amines) is 1. The molecule has 1 aliphatic heterocycles. The van der Waals surface area contributed by atoms with Crippen LogP contribution in [-0.2, 0) is 20.8 Å². The van der Waals surface area contributed by atoms with Gasteiger partial charge in [0.2, 0.25) is 17.7 Å². The molecule has 2 bridgehead atoms. The molecule has 1 aromatic carbocycles. The maximum absolute atomic E-state index is 12.7. The molecule has 0 radical (unpaired) electrons. The van der Waals surface area contributed by atoms with Crippen molar-refractivity contribution in [1.82, 2.24) is 10.2 Å². The summed E-state index contributed by atoms with van der Waals surface area (Å²) in [6.45, 7) is -0.150. The van der Waals surface area contributed by atoms with E-state index in [1.807, 2.05) is 12.1 Å². The van der Waals surface area contributed by atoms with Gasteiger partial charge in [0.05, 0.1) is 17.9 Å². The number of hydrogen-bond acceptors (Lipinski definition) is 3. The molecule has 134 valence electrons. The maximum atomic E-state index is 12.7. The Labute approximate surface area is 152 Å². The molecule has 1 saturated heterocycles. The zero-order valence-corrected chi connectivity index (χ0v) is 14.6. The van der Waals surface area contributed by atoms with Crippen LogP contribution >= 0.6 is 0 Å². The first-order valence-electron chi connectivity index (χ1n) is 9.54. The Balaban J connectivity index is 1.29. The van der Waals surface area contributed by atoms with Gasteiger partial charge in [0.25, 0.3) is 0 Å². The Morgan fingerprint density at radius 3 is 2.50 bits per heavy atom. The molecule has 3 aliphatic carbocycles. The van der Waals surface area contributed by atoms with Crippen LogP contribution in [0.25, 0.3) is 0 Å². The average Bonchev–Trinajstić information content (AvgIpc) is 3.32. The number of nitrogens with one attached hydrogen (secondary N) is 1. The summed E-state index contributed by atoms with van der Waals surface area (Å²) in [7, 11) is 0. The van der Waals surface area contributed by atoms with Crippen molar-refractivity contribution >= 4 is 17.7 Å².